The van der Waals surface area contributed by atoms with Gasteiger partial charge >= 0.3 is 0 Å². The lowest BCUT2D eigenvalue weighted by Crippen LogP contribution is -2.14. The van der Waals surface area contributed by atoms with E-state index >= 15 is 0 Å². The number of benzene rings is 1. The van der Waals surface area contributed by atoms with Gasteiger partial charge in [-0.25, -0.2) is 4.98 Å². The van der Waals surface area contributed by atoms with E-state index in [4.69, 9.17) is 0 Å². The van der Waals surface area contributed by atoms with Crippen LogP contribution >= 0.6 is 23.1 Å². The van der Waals surface area contributed by atoms with Crippen LogP contribution in [0.15, 0.2) is 34.8 Å². The lowest BCUT2D eigenvalue weighted by atomic mass is 10.1. The van der Waals surface area contributed by atoms with Gasteiger partial charge in [-0.15, -0.1) is 21.5 Å². The predicted molar refractivity (Wildman–Crippen MR) is 112 cm³/mol. The van der Waals surface area contributed by atoms with Crippen LogP contribution in [0.4, 0.5) is 5.69 Å². The van der Waals surface area contributed by atoms with Crippen molar-refractivity contribution in [1.29, 1.82) is 0 Å². The first-order valence-electron chi connectivity index (χ1n) is 9.57. The summed E-state index contributed by atoms with van der Waals surface area (Å²) in [5, 5.41) is 15.7. The number of nitrogens with one attached hydrogen (secondary N) is 1. The Balaban J connectivity index is 1.24. The van der Waals surface area contributed by atoms with Crippen LogP contribution in [-0.2, 0) is 4.79 Å². The van der Waals surface area contributed by atoms with Gasteiger partial charge in [-0.2, -0.15) is 0 Å². The van der Waals surface area contributed by atoms with Crippen LogP contribution < -0.4 is 5.32 Å². The molecule has 5 rings (SSSR count). The molecule has 8 heteroatoms. The smallest absolute Gasteiger partial charge is 0.234 e. The number of carbonyl (C=O) groups excluding carboxylic acids is 1. The van der Waals surface area contributed by atoms with Crippen molar-refractivity contribution in [2.75, 3.05) is 11.1 Å². The molecule has 2 saturated carbocycles. The summed E-state index contributed by atoms with van der Waals surface area (Å²) in [4.78, 5) is 17.0. The van der Waals surface area contributed by atoms with Gasteiger partial charge in [0.2, 0.25) is 5.91 Å². The van der Waals surface area contributed by atoms with Crippen molar-refractivity contribution < 1.29 is 4.79 Å². The minimum Gasteiger partial charge on any atom is -0.325 e. The molecule has 0 saturated heterocycles. The summed E-state index contributed by atoms with van der Waals surface area (Å²) < 4.78 is 2.28. The van der Waals surface area contributed by atoms with Gasteiger partial charge in [-0.05, 0) is 44.7 Å². The molecule has 2 aliphatic rings. The first kappa shape index (κ1) is 17.9. The number of thiazole rings is 1. The maximum atomic E-state index is 12.5. The molecule has 2 heterocycles. The van der Waals surface area contributed by atoms with E-state index in [1.54, 1.807) is 11.3 Å². The number of thioether (sulfide) groups is 1. The standard InChI is InChI=1S/C20H21N5OS2/c1-12-21-17(10-27-12)14-3-2-4-15(9-14)22-18(26)11-28-20-24-23-19(13-5-6-13)25(20)16-7-8-16/h2-4,9-10,13,16H,5-8,11H2,1H3,(H,22,26). The number of amides is 1. The highest BCUT2D eigenvalue weighted by atomic mass is 32.2. The number of carbonyl (C=O) groups is 1. The van der Waals surface area contributed by atoms with E-state index in [0.29, 0.717) is 17.7 Å². The van der Waals surface area contributed by atoms with E-state index in [9.17, 15) is 4.79 Å². The number of aryl methyl sites for hydroxylation is 1. The summed E-state index contributed by atoms with van der Waals surface area (Å²) in [6.07, 6.45) is 4.82. The molecule has 0 unspecified atom stereocenters. The third-order valence-electron chi connectivity index (χ3n) is 4.94. The zero-order valence-corrected chi connectivity index (χ0v) is 17.2. The average Bonchev–Trinajstić information content (AvgIpc) is 3.62. The highest BCUT2D eigenvalue weighted by molar-refractivity contribution is 7.99. The fraction of sp³-hybridized carbons (Fsp3) is 0.400. The summed E-state index contributed by atoms with van der Waals surface area (Å²) in [6, 6.07) is 8.36. The Hall–Kier alpha value is -2.19. The van der Waals surface area contributed by atoms with Crippen molar-refractivity contribution in [2.45, 2.75) is 49.7 Å². The fourth-order valence-electron chi connectivity index (χ4n) is 3.26. The lowest BCUT2D eigenvalue weighted by molar-refractivity contribution is -0.113. The van der Waals surface area contributed by atoms with Crippen molar-refractivity contribution >= 4 is 34.7 Å². The van der Waals surface area contributed by atoms with Gasteiger partial charge in [0.25, 0.3) is 0 Å². The van der Waals surface area contributed by atoms with E-state index < -0.39 is 0 Å². The number of hydrogen-bond donors (Lipinski definition) is 1. The van der Waals surface area contributed by atoms with Crippen LogP contribution in [0.25, 0.3) is 11.3 Å². The van der Waals surface area contributed by atoms with Crippen molar-refractivity contribution in [3.63, 3.8) is 0 Å². The fourth-order valence-corrected chi connectivity index (χ4v) is 4.70. The van der Waals surface area contributed by atoms with E-state index in [0.717, 1.165) is 32.9 Å². The van der Waals surface area contributed by atoms with Crippen LogP contribution in [0, 0.1) is 6.92 Å². The quantitative estimate of drug-likeness (QED) is 0.573. The maximum Gasteiger partial charge on any atom is 0.234 e. The predicted octanol–water partition coefficient (Wildman–Crippen LogP) is 4.65. The summed E-state index contributed by atoms with van der Waals surface area (Å²) in [5.41, 5.74) is 2.74. The highest BCUT2D eigenvalue weighted by Crippen LogP contribution is 2.46. The van der Waals surface area contributed by atoms with Crippen molar-refractivity contribution in [2.24, 2.45) is 0 Å². The SMILES string of the molecule is Cc1nc(-c2cccc(NC(=O)CSc3nnc(C4CC4)n3C3CC3)c2)cs1. The molecule has 2 aromatic heterocycles. The summed E-state index contributed by atoms with van der Waals surface area (Å²) in [7, 11) is 0. The second-order valence-electron chi connectivity index (χ2n) is 7.39. The average molecular weight is 412 g/mol. The van der Waals surface area contributed by atoms with Crippen LogP contribution in [0.3, 0.4) is 0 Å². The number of rotatable bonds is 7. The lowest BCUT2D eigenvalue weighted by Gasteiger charge is -2.09. The minimum absolute atomic E-state index is 0.0325. The molecule has 2 fully saturated rings. The topological polar surface area (TPSA) is 72.7 Å². The molecule has 0 radical (unpaired) electrons. The number of anilines is 1. The second kappa shape index (κ2) is 7.33. The third-order valence-corrected chi connectivity index (χ3v) is 6.66. The van der Waals surface area contributed by atoms with Crippen LogP contribution in [0.1, 0.15) is 48.5 Å². The Morgan fingerprint density at radius 1 is 1.29 bits per heavy atom. The monoisotopic (exact) mass is 411 g/mol. The molecule has 3 aromatic rings. The van der Waals surface area contributed by atoms with Gasteiger partial charge in [0.15, 0.2) is 5.16 Å². The summed E-state index contributed by atoms with van der Waals surface area (Å²) in [5.74, 6) is 2.00. The Morgan fingerprint density at radius 2 is 2.14 bits per heavy atom. The zero-order chi connectivity index (χ0) is 19.1. The Labute approximate surface area is 171 Å². The van der Waals surface area contributed by atoms with Crippen LogP contribution in [0.5, 0.6) is 0 Å². The normalized spacial score (nSPS) is 16.3. The molecule has 144 valence electrons. The molecular formula is C20H21N5OS2. The Morgan fingerprint density at radius 3 is 2.86 bits per heavy atom. The molecule has 28 heavy (non-hydrogen) atoms. The Bertz CT molecular complexity index is 1020. The molecule has 1 N–H and O–H groups in total. The molecule has 0 atom stereocenters. The second-order valence-corrected chi connectivity index (χ2v) is 9.39. The number of nitrogens with zero attached hydrogens (tertiary/aromatic N) is 4. The van der Waals surface area contributed by atoms with Crippen molar-refractivity contribution in [3.05, 3.63) is 40.5 Å². The number of aromatic nitrogens is 4. The van der Waals surface area contributed by atoms with E-state index in [1.165, 1.54) is 37.4 Å². The van der Waals surface area contributed by atoms with Crippen LogP contribution in [0.2, 0.25) is 0 Å². The summed E-state index contributed by atoms with van der Waals surface area (Å²) in [6.45, 7) is 1.99. The molecule has 1 aromatic carbocycles. The van der Waals surface area contributed by atoms with Gasteiger partial charge in [0.1, 0.15) is 5.82 Å². The molecule has 1 amide bonds. The van der Waals surface area contributed by atoms with Gasteiger partial charge < -0.3 is 9.88 Å². The Kier molecular flexibility index (Phi) is 4.68. The minimum atomic E-state index is -0.0325. The van der Waals surface area contributed by atoms with Gasteiger partial charge in [-0.3, -0.25) is 4.79 Å². The first-order chi connectivity index (χ1) is 13.7. The van der Waals surface area contributed by atoms with Crippen molar-refractivity contribution in [3.8, 4) is 11.3 Å². The van der Waals surface area contributed by atoms with Gasteiger partial charge in [0.05, 0.1) is 16.5 Å². The molecule has 6 nitrogen and oxygen atoms in total. The van der Waals surface area contributed by atoms with Gasteiger partial charge in [-0.1, -0.05) is 23.9 Å². The maximum absolute atomic E-state index is 12.5. The molecule has 0 spiro atoms. The highest BCUT2D eigenvalue weighted by Gasteiger charge is 2.36. The third kappa shape index (κ3) is 3.84. The van der Waals surface area contributed by atoms with Crippen molar-refractivity contribution in [1.82, 2.24) is 19.7 Å². The summed E-state index contributed by atoms with van der Waals surface area (Å²) >= 11 is 3.10. The van der Waals surface area contributed by atoms with E-state index in [1.807, 2.05) is 36.6 Å². The number of hydrogen-bond acceptors (Lipinski definition) is 6. The largest absolute Gasteiger partial charge is 0.325 e. The van der Waals surface area contributed by atoms with E-state index in [-0.39, 0.29) is 5.91 Å². The zero-order valence-electron chi connectivity index (χ0n) is 15.6. The van der Waals surface area contributed by atoms with E-state index in [2.05, 4.69) is 25.1 Å². The molecule has 2 aliphatic carbocycles. The van der Waals surface area contributed by atoms with Crippen LogP contribution in [-0.4, -0.2) is 31.4 Å². The first-order valence-corrected chi connectivity index (χ1v) is 11.4. The molecule has 0 bridgehead atoms. The molecule has 0 aliphatic heterocycles. The molecular weight excluding hydrogens is 390 g/mol. The van der Waals surface area contributed by atoms with Gasteiger partial charge in [0, 0.05) is 28.6 Å².